The van der Waals surface area contributed by atoms with Crippen LogP contribution < -0.4 is 14.8 Å². The van der Waals surface area contributed by atoms with Gasteiger partial charge in [0.2, 0.25) is 5.91 Å². The molecule has 0 bridgehead atoms. The zero-order valence-electron chi connectivity index (χ0n) is 20.6. The fourth-order valence-corrected chi connectivity index (χ4v) is 4.33. The number of benzene rings is 2. The first kappa shape index (κ1) is 25.1. The van der Waals surface area contributed by atoms with Crippen molar-refractivity contribution in [1.82, 2.24) is 14.7 Å². The molecule has 194 valence electrons. The van der Waals surface area contributed by atoms with E-state index in [1.54, 1.807) is 41.2 Å². The molecule has 1 aliphatic carbocycles. The number of nitrogens with zero attached hydrogens (tertiary/aromatic N) is 3. The van der Waals surface area contributed by atoms with Gasteiger partial charge in [0, 0.05) is 30.2 Å². The minimum Gasteiger partial charge on any atom is -0.487 e. The van der Waals surface area contributed by atoms with Crippen LogP contribution in [0, 0.1) is 0 Å². The first-order chi connectivity index (χ1) is 18.0. The number of halogens is 1. The molecule has 1 saturated carbocycles. The Morgan fingerprint density at radius 3 is 2.70 bits per heavy atom. The summed E-state index contributed by atoms with van der Waals surface area (Å²) in [4.78, 5) is 28.3. The van der Waals surface area contributed by atoms with Gasteiger partial charge in [-0.2, -0.15) is 5.10 Å². The lowest BCUT2D eigenvalue weighted by molar-refractivity contribution is -0.117. The molecule has 1 aliphatic heterocycles. The van der Waals surface area contributed by atoms with E-state index in [0.717, 1.165) is 18.5 Å². The van der Waals surface area contributed by atoms with Crippen LogP contribution in [-0.2, 0) is 16.1 Å². The summed E-state index contributed by atoms with van der Waals surface area (Å²) in [6, 6.07) is 12.2. The van der Waals surface area contributed by atoms with Crippen LogP contribution in [0.5, 0.6) is 17.2 Å². The van der Waals surface area contributed by atoms with E-state index in [1.807, 2.05) is 19.1 Å². The topological polar surface area (TPSA) is 94.9 Å². The Labute approximate surface area is 220 Å². The largest absolute Gasteiger partial charge is 0.487 e. The average molecular weight is 525 g/mol. The van der Waals surface area contributed by atoms with Crippen LogP contribution in [-0.4, -0.2) is 59.4 Å². The standard InChI is InChI=1S/C27H29ClN4O5/c1-2-32-16-20(26(30-32)18-7-8-18)27(34)31-11-12-35-13-14-36-23-5-3-4-6-24(23)37-22-10-9-19(28)15-21(22)29-25(33)17-31/h3-6,9-10,15-16,18H,2,7-8,11-14,17H2,1H3,(H,29,33). The van der Waals surface area contributed by atoms with Crippen molar-refractivity contribution >= 4 is 29.1 Å². The Bertz CT molecular complexity index is 1290. The highest BCUT2D eigenvalue weighted by molar-refractivity contribution is 6.31. The van der Waals surface area contributed by atoms with Gasteiger partial charge in [0.05, 0.1) is 30.2 Å². The summed E-state index contributed by atoms with van der Waals surface area (Å²) in [5.74, 6) is 1.12. The Kier molecular flexibility index (Phi) is 7.62. The number of anilines is 1. The smallest absolute Gasteiger partial charge is 0.257 e. The first-order valence-electron chi connectivity index (χ1n) is 12.4. The van der Waals surface area contributed by atoms with Crippen molar-refractivity contribution in [2.75, 3.05) is 38.2 Å². The number of para-hydroxylation sites is 2. The van der Waals surface area contributed by atoms with Crippen molar-refractivity contribution in [3.8, 4) is 17.2 Å². The van der Waals surface area contributed by atoms with Gasteiger partial charge in [0.25, 0.3) is 5.91 Å². The van der Waals surface area contributed by atoms with Crippen LogP contribution in [0.2, 0.25) is 5.02 Å². The van der Waals surface area contributed by atoms with Crippen LogP contribution in [0.1, 0.15) is 41.7 Å². The van der Waals surface area contributed by atoms with Gasteiger partial charge in [-0.05, 0) is 50.1 Å². The van der Waals surface area contributed by atoms with E-state index in [9.17, 15) is 9.59 Å². The molecule has 2 aliphatic rings. The number of aromatic nitrogens is 2. The number of carbonyl (C=O) groups excluding carboxylic acids is 2. The third-order valence-electron chi connectivity index (χ3n) is 6.21. The molecule has 3 aromatic rings. The maximum absolute atomic E-state index is 13.6. The highest BCUT2D eigenvalue weighted by Crippen LogP contribution is 2.41. The Balaban J connectivity index is 1.42. The molecule has 2 aromatic carbocycles. The molecular weight excluding hydrogens is 496 g/mol. The highest BCUT2D eigenvalue weighted by atomic mass is 35.5. The summed E-state index contributed by atoms with van der Waals surface area (Å²) in [6.07, 6.45) is 3.81. The van der Waals surface area contributed by atoms with Crippen molar-refractivity contribution < 1.29 is 23.8 Å². The number of amides is 2. The zero-order valence-corrected chi connectivity index (χ0v) is 21.4. The SMILES string of the molecule is CCn1cc(C(=O)N2CCOCCOc3ccccc3Oc3ccc(Cl)cc3NC(=O)C2)c(C2CC2)n1. The molecule has 5 rings (SSSR count). The van der Waals surface area contributed by atoms with Crippen LogP contribution in [0.4, 0.5) is 5.69 Å². The molecule has 1 aromatic heterocycles. The lowest BCUT2D eigenvalue weighted by atomic mass is 10.1. The summed E-state index contributed by atoms with van der Waals surface area (Å²) in [6.45, 7) is 3.59. The van der Waals surface area contributed by atoms with Gasteiger partial charge in [-0.15, -0.1) is 0 Å². The fourth-order valence-electron chi connectivity index (χ4n) is 4.16. The molecule has 37 heavy (non-hydrogen) atoms. The monoisotopic (exact) mass is 524 g/mol. The van der Waals surface area contributed by atoms with E-state index >= 15 is 0 Å². The van der Waals surface area contributed by atoms with Crippen LogP contribution >= 0.6 is 11.6 Å². The molecular formula is C27H29ClN4O5. The zero-order chi connectivity index (χ0) is 25.8. The first-order valence-corrected chi connectivity index (χ1v) is 12.8. The molecule has 10 heteroatoms. The highest BCUT2D eigenvalue weighted by Gasteiger charge is 2.33. The number of fused-ring (bicyclic) bond motifs is 2. The van der Waals surface area contributed by atoms with Crippen LogP contribution in [0.3, 0.4) is 0 Å². The number of hydrogen-bond acceptors (Lipinski definition) is 6. The van der Waals surface area contributed by atoms with Crippen molar-refractivity contribution in [2.24, 2.45) is 0 Å². The van der Waals surface area contributed by atoms with Crippen molar-refractivity contribution in [3.63, 3.8) is 0 Å². The van der Waals surface area contributed by atoms with E-state index in [2.05, 4.69) is 10.4 Å². The van der Waals surface area contributed by atoms with Gasteiger partial charge in [-0.1, -0.05) is 23.7 Å². The number of carbonyl (C=O) groups is 2. The van der Waals surface area contributed by atoms with Crippen molar-refractivity contribution in [3.05, 3.63) is 64.9 Å². The van der Waals surface area contributed by atoms with Crippen molar-refractivity contribution in [1.29, 1.82) is 0 Å². The second-order valence-corrected chi connectivity index (χ2v) is 9.42. The number of nitrogens with one attached hydrogen (secondary N) is 1. The molecule has 0 atom stereocenters. The van der Waals surface area contributed by atoms with Gasteiger partial charge < -0.3 is 24.4 Å². The van der Waals surface area contributed by atoms with E-state index < -0.39 is 0 Å². The number of ether oxygens (including phenoxy) is 3. The molecule has 9 nitrogen and oxygen atoms in total. The van der Waals surface area contributed by atoms with Crippen LogP contribution in [0.25, 0.3) is 0 Å². The quantitative estimate of drug-likeness (QED) is 0.533. The van der Waals surface area contributed by atoms with Gasteiger partial charge in [-0.3, -0.25) is 14.3 Å². The Hall–Kier alpha value is -3.56. The van der Waals surface area contributed by atoms with E-state index in [-0.39, 0.29) is 31.5 Å². The van der Waals surface area contributed by atoms with Crippen LogP contribution in [0.15, 0.2) is 48.7 Å². The molecule has 0 saturated heterocycles. The lowest BCUT2D eigenvalue weighted by Gasteiger charge is -2.22. The molecule has 0 radical (unpaired) electrons. The Morgan fingerprint density at radius 1 is 1.11 bits per heavy atom. The van der Waals surface area contributed by atoms with Gasteiger partial charge in [0.1, 0.15) is 13.2 Å². The second-order valence-electron chi connectivity index (χ2n) is 8.98. The summed E-state index contributed by atoms with van der Waals surface area (Å²) < 4.78 is 19.5. The van der Waals surface area contributed by atoms with Gasteiger partial charge >= 0.3 is 0 Å². The predicted molar refractivity (Wildman–Crippen MR) is 139 cm³/mol. The molecule has 2 amide bonds. The Morgan fingerprint density at radius 2 is 1.92 bits per heavy atom. The minimum absolute atomic E-state index is 0.164. The van der Waals surface area contributed by atoms with E-state index in [1.165, 1.54) is 4.90 Å². The number of aryl methyl sites for hydroxylation is 1. The molecule has 0 unspecified atom stereocenters. The molecule has 0 spiro atoms. The third-order valence-corrected chi connectivity index (χ3v) is 6.44. The maximum atomic E-state index is 13.6. The summed E-state index contributed by atoms with van der Waals surface area (Å²) in [7, 11) is 0. The normalized spacial score (nSPS) is 16.8. The van der Waals surface area contributed by atoms with Gasteiger partial charge in [0.15, 0.2) is 17.2 Å². The summed E-state index contributed by atoms with van der Waals surface area (Å²) in [5.41, 5.74) is 1.74. The molecule has 1 N–H and O–H groups in total. The minimum atomic E-state index is -0.379. The summed E-state index contributed by atoms with van der Waals surface area (Å²) in [5, 5.41) is 7.91. The van der Waals surface area contributed by atoms with E-state index in [4.69, 9.17) is 25.8 Å². The van der Waals surface area contributed by atoms with Crippen molar-refractivity contribution in [2.45, 2.75) is 32.2 Å². The number of hydrogen-bond donors (Lipinski definition) is 1. The van der Waals surface area contributed by atoms with Gasteiger partial charge in [-0.25, -0.2) is 0 Å². The average Bonchev–Trinajstić information content (AvgIpc) is 3.65. The third kappa shape index (κ3) is 6.06. The van der Waals surface area contributed by atoms with E-state index in [0.29, 0.717) is 59.2 Å². The summed E-state index contributed by atoms with van der Waals surface area (Å²) >= 11 is 6.23. The molecule has 1 fully saturated rings. The maximum Gasteiger partial charge on any atom is 0.257 e. The lowest BCUT2D eigenvalue weighted by Crippen LogP contribution is -2.40. The molecule has 2 heterocycles. The fraction of sp³-hybridized carbons (Fsp3) is 0.370. The predicted octanol–water partition coefficient (Wildman–Crippen LogP) is 4.72. The number of rotatable bonds is 3. The second kappa shape index (κ2) is 11.2.